The highest BCUT2D eigenvalue weighted by Crippen LogP contribution is 2.14. The third-order valence-corrected chi connectivity index (χ3v) is 3.53. The summed E-state index contributed by atoms with van der Waals surface area (Å²) >= 11 is 0. The van der Waals surface area contributed by atoms with Gasteiger partial charge in [0.1, 0.15) is 5.56 Å². The number of para-hydroxylation sites is 1. The molecule has 1 N–H and O–H groups in total. The summed E-state index contributed by atoms with van der Waals surface area (Å²) in [5, 5.41) is 11.3. The molecule has 3 aromatic rings. The Labute approximate surface area is 132 Å². The lowest BCUT2D eigenvalue weighted by atomic mass is 10.2. The minimum Gasteiger partial charge on any atom is -0.505 e. The van der Waals surface area contributed by atoms with Crippen LogP contribution in [0.4, 0.5) is 0 Å². The molecule has 0 amide bonds. The van der Waals surface area contributed by atoms with E-state index in [0.29, 0.717) is 10.7 Å². The molecule has 0 aliphatic rings. The molecule has 1 aromatic carbocycles. The van der Waals surface area contributed by atoms with E-state index in [9.17, 15) is 9.90 Å². The average molecular weight is 309 g/mol. The van der Waals surface area contributed by atoms with Gasteiger partial charge < -0.3 is 18.8 Å². The van der Waals surface area contributed by atoms with E-state index >= 15 is 0 Å². The number of methoxy groups -OCH3 is 1. The first-order valence-electron chi connectivity index (χ1n) is 6.93. The van der Waals surface area contributed by atoms with Gasteiger partial charge in [-0.2, -0.15) is 0 Å². The highest BCUT2D eigenvalue weighted by Gasteiger charge is 2.20. The summed E-state index contributed by atoms with van der Waals surface area (Å²) in [6.45, 7) is 3.94. The average Bonchev–Trinajstić information content (AvgIpc) is 3.15. The van der Waals surface area contributed by atoms with Gasteiger partial charge in [-0.1, -0.05) is 24.8 Å². The van der Waals surface area contributed by atoms with Crippen LogP contribution in [0.25, 0.3) is 18.3 Å². The molecule has 0 radical (unpaired) electrons. The number of aromatic hydroxyl groups is 1. The Morgan fingerprint density at radius 1 is 1.30 bits per heavy atom. The van der Waals surface area contributed by atoms with E-state index in [2.05, 4.69) is 6.58 Å². The smallest absolute Gasteiger partial charge is 0.343 e. The van der Waals surface area contributed by atoms with Gasteiger partial charge in [-0.25, -0.2) is 4.79 Å². The lowest BCUT2D eigenvalue weighted by Gasteiger charge is -2.04. The Morgan fingerprint density at radius 2 is 2.04 bits per heavy atom. The second-order valence-electron chi connectivity index (χ2n) is 4.92. The minimum atomic E-state index is -0.635. The fourth-order valence-electron chi connectivity index (χ4n) is 2.46. The Balaban J connectivity index is 2.38. The zero-order chi connectivity index (χ0) is 16.4. The molecule has 0 saturated carbocycles. The van der Waals surface area contributed by atoms with Crippen molar-refractivity contribution in [3.63, 3.8) is 0 Å². The number of hydrogen-bond donors (Lipinski definition) is 1. The van der Waals surface area contributed by atoms with Gasteiger partial charge in [-0.3, -0.25) is 0 Å². The summed E-state index contributed by atoms with van der Waals surface area (Å²) in [7, 11) is 1.26. The molecular weight excluding hydrogens is 294 g/mol. The molecule has 0 saturated heterocycles. The van der Waals surface area contributed by atoms with E-state index in [1.54, 1.807) is 23.0 Å². The first kappa shape index (κ1) is 14.7. The van der Waals surface area contributed by atoms with Crippen molar-refractivity contribution >= 4 is 18.6 Å². The van der Waals surface area contributed by atoms with Gasteiger partial charge in [0.15, 0.2) is 5.75 Å². The molecule has 0 aliphatic heterocycles. The van der Waals surface area contributed by atoms with Crippen LogP contribution in [-0.4, -0.2) is 22.8 Å². The summed E-state index contributed by atoms with van der Waals surface area (Å²) in [4.78, 5) is 12.0. The van der Waals surface area contributed by atoms with Crippen molar-refractivity contribution in [2.24, 2.45) is 0 Å². The highest BCUT2D eigenvalue weighted by molar-refractivity contribution is 5.93. The van der Waals surface area contributed by atoms with Crippen LogP contribution in [0.3, 0.4) is 0 Å². The van der Waals surface area contributed by atoms with Crippen molar-refractivity contribution in [1.29, 1.82) is 0 Å². The Bertz CT molecular complexity index is 937. The van der Waals surface area contributed by atoms with E-state index < -0.39 is 5.97 Å². The quantitative estimate of drug-likeness (QED) is 0.749. The maximum absolute atomic E-state index is 12.0. The number of furan rings is 1. The van der Waals surface area contributed by atoms with E-state index in [4.69, 9.17) is 9.15 Å². The van der Waals surface area contributed by atoms with Crippen molar-refractivity contribution in [3.05, 3.63) is 70.7 Å². The summed E-state index contributed by atoms with van der Waals surface area (Å²) in [6.07, 6.45) is 4.79. The largest absolute Gasteiger partial charge is 0.505 e. The number of nitrogens with zero attached hydrogens (tertiary/aromatic N) is 1. The molecule has 5 heteroatoms. The number of benzene rings is 1. The van der Waals surface area contributed by atoms with Crippen molar-refractivity contribution in [1.82, 2.24) is 4.57 Å². The van der Waals surface area contributed by atoms with Crippen molar-refractivity contribution in [3.8, 4) is 11.4 Å². The van der Waals surface area contributed by atoms with Crippen LogP contribution in [0.1, 0.15) is 15.9 Å². The molecule has 3 rings (SSSR count). The van der Waals surface area contributed by atoms with Gasteiger partial charge >= 0.3 is 5.97 Å². The monoisotopic (exact) mass is 309 g/mol. The van der Waals surface area contributed by atoms with Crippen LogP contribution in [-0.2, 0) is 4.74 Å². The third-order valence-electron chi connectivity index (χ3n) is 3.53. The van der Waals surface area contributed by atoms with Gasteiger partial charge in [-0.15, -0.1) is 0 Å². The zero-order valence-corrected chi connectivity index (χ0v) is 12.5. The van der Waals surface area contributed by atoms with E-state index in [1.165, 1.54) is 13.4 Å². The van der Waals surface area contributed by atoms with Gasteiger partial charge in [0.2, 0.25) is 0 Å². The standard InChI is InChI=1S/C18H15NO4/c1-12-16(18(21)22-2)17(20)15(10-13-8-9-23-11-13)19(12)14-6-4-3-5-7-14/h3-11,20H,1H2,2H3/b15-10+. The second-order valence-corrected chi connectivity index (χ2v) is 4.92. The van der Waals surface area contributed by atoms with Crippen molar-refractivity contribution < 1.29 is 19.1 Å². The fourth-order valence-corrected chi connectivity index (χ4v) is 2.46. The summed E-state index contributed by atoms with van der Waals surface area (Å²) in [6, 6.07) is 11.1. The molecule has 0 spiro atoms. The molecule has 0 aliphatic carbocycles. The lowest BCUT2D eigenvalue weighted by Crippen LogP contribution is -2.26. The van der Waals surface area contributed by atoms with Crippen LogP contribution in [0.5, 0.6) is 5.75 Å². The topological polar surface area (TPSA) is 64.6 Å². The second kappa shape index (κ2) is 5.88. The molecule has 0 fully saturated rings. The molecular formula is C18H15NO4. The minimum absolute atomic E-state index is 0.0473. The molecule has 23 heavy (non-hydrogen) atoms. The van der Waals surface area contributed by atoms with E-state index in [0.717, 1.165) is 11.3 Å². The SMILES string of the molecule is C=c1c(C(=O)OC)c(O)/c(=C\c2ccoc2)n1-c1ccccc1. The fraction of sp³-hybridized carbons (Fsp3) is 0.0556. The molecule has 116 valence electrons. The van der Waals surface area contributed by atoms with Crippen LogP contribution < -0.4 is 10.7 Å². The maximum Gasteiger partial charge on any atom is 0.343 e. The lowest BCUT2D eigenvalue weighted by molar-refractivity contribution is 0.0596. The Hall–Kier alpha value is -3.21. The van der Waals surface area contributed by atoms with Gasteiger partial charge in [0, 0.05) is 11.3 Å². The normalized spacial score (nSPS) is 11.6. The number of esters is 1. The predicted octanol–water partition coefficient (Wildman–Crippen LogP) is 1.80. The molecule has 0 bridgehead atoms. The Kier molecular flexibility index (Phi) is 3.76. The Morgan fingerprint density at radius 3 is 2.65 bits per heavy atom. The van der Waals surface area contributed by atoms with Crippen LogP contribution in [0.15, 0.2) is 53.3 Å². The van der Waals surface area contributed by atoms with E-state index in [-0.39, 0.29) is 11.3 Å². The van der Waals surface area contributed by atoms with Crippen molar-refractivity contribution in [2.45, 2.75) is 0 Å². The molecule has 5 nitrogen and oxygen atoms in total. The predicted molar refractivity (Wildman–Crippen MR) is 85.8 cm³/mol. The van der Waals surface area contributed by atoms with Crippen LogP contribution in [0.2, 0.25) is 0 Å². The van der Waals surface area contributed by atoms with E-state index in [1.807, 2.05) is 30.3 Å². The summed E-state index contributed by atoms with van der Waals surface area (Å²) in [5.41, 5.74) is 1.58. The van der Waals surface area contributed by atoms with Gasteiger partial charge in [0.25, 0.3) is 0 Å². The molecule has 2 aromatic heterocycles. The number of rotatable bonds is 3. The molecule has 0 unspecified atom stereocenters. The number of hydrogen-bond acceptors (Lipinski definition) is 4. The van der Waals surface area contributed by atoms with Gasteiger partial charge in [-0.05, 0) is 24.3 Å². The number of carbonyl (C=O) groups excluding carboxylic acids is 1. The zero-order valence-electron chi connectivity index (χ0n) is 12.5. The summed E-state index contributed by atoms with van der Waals surface area (Å²) < 4.78 is 11.5. The van der Waals surface area contributed by atoms with Gasteiger partial charge in [0.05, 0.1) is 30.3 Å². The third kappa shape index (κ3) is 2.53. The van der Waals surface area contributed by atoms with Crippen LogP contribution >= 0.6 is 0 Å². The summed E-state index contributed by atoms with van der Waals surface area (Å²) in [5.74, 6) is -0.809. The first-order chi connectivity index (χ1) is 11.1. The van der Waals surface area contributed by atoms with Crippen molar-refractivity contribution in [2.75, 3.05) is 7.11 Å². The molecule has 2 heterocycles. The highest BCUT2D eigenvalue weighted by atomic mass is 16.5. The number of aromatic nitrogens is 1. The molecule has 0 atom stereocenters. The first-order valence-corrected chi connectivity index (χ1v) is 6.93. The van der Waals surface area contributed by atoms with Crippen LogP contribution in [0, 0.1) is 0 Å². The number of ether oxygens (including phenoxy) is 1. The maximum atomic E-state index is 12.0. The number of carbonyl (C=O) groups is 1.